The van der Waals surface area contributed by atoms with Gasteiger partial charge in [-0.2, -0.15) is 0 Å². The van der Waals surface area contributed by atoms with E-state index in [1.807, 2.05) is 13.8 Å². The molecule has 0 atom stereocenters. The maximum absolute atomic E-state index is 11.6. The second-order valence-corrected chi connectivity index (χ2v) is 7.07. The Morgan fingerprint density at radius 3 is 2.33 bits per heavy atom. The van der Waals surface area contributed by atoms with Crippen LogP contribution < -0.4 is 10.0 Å². The van der Waals surface area contributed by atoms with Crippen LogP contribution in [0.4, 0.5) is 0 Å². The van der Waals surface area contributed by atoms with Gasteiger partial charge in [-0.15, -0.1) is 0 Å². The van der Waals surface area contributed by atoms with Crippen molar-refractivity contribution < 1.29 is 13.2 Å². The molecule has 0 aliphatic heterocycles. The Morgan fingerprint density at radius 1 is 1.11 bits per heavy atom. The summed E-state index contributed by atoms with van der Waals surface area (Å²) < 4.78 is 31.0. The molecule has 0 aliphatic rings. The molecule has 0 bridgehead atoms. The largest absolute Gasteiger partial charge is 0.380 e. The van der Waals surface area contributed by atoms with Crippen molar-refractivity contribution in [1.82, 2.24) is 10.0 Å². The first kappa shape index (κ1) is 17.8. The lowest BCUT2D eigenvalue weighted by molar-refractivity contribution is 0.114. The first-order valence-corrected chi connectivity index (χ1v) is 8.27. The molecule has 0 fully saturated rings. The number of sulfonamides is 1. The topological polar surface area (TPSA) is 67.4 Å². The van der Waals surface area contributed by atoms with Gasteiger partial charge in [0.1, 0.15) is 0 Å². The summed E-state index contributed by atoms with van der Waals surface area (Å²) in [5.41, 5.74) is 0. The molecule has 0 spiro atoms. The zero-order valence-electron chi connectivity index (χ0n) is 12.0. The van der Waals surface area contributed by atoms with Crippen molar-refractivity contribution in [1.29, 1.82) is 0 Å². The highest BCUT2D eigenvalue weighted by atomic mass is 32.2. The average molecular weight is 280 g/mol. The molecule has 0 aromatic carbocycles. The normalized spacial score (nSPS) is 12.6. The van der Waals surface area contributed by atoms with Crippen molar-refractivity contribution in [3.05, 3.63) is 0 Å². The summed E-state index contributed by atoms with van der Waals surface area (Å²) in [6.45, 7) is 10.4. The van der Waals surface area contributed by atoms with E-state index in [1.54, 1.807) is 0 Å². The fraction of sp³-hybridized carbons (Fsp3) is 1.00. The molecular formula is C12H28N2O3S. The Labute approximate surface area is 112 Å². The van der Waals surface area contributed by atoms with E-state index in [4.69, 9.17) is 4.74 Å². The van der Waals surface area contributed by atoms with Crippen LogP contribution in [0.2, 0.25) is 0 Å². The highest BCUT2D eigenvalue weighted by molar-refractivity contribution is 7.89. The SMILES string of the molecule is CC(C)COCCNS(=O)(=O)CCCNC(C)C. The van der Waals surface area contributed by atoms with E-state index in [1.165, 1.54) is 0 Å². The number of ether oxygens (including phenoxy) is 1. The van der Waals surface area contributed by atoms with E-state index < -0.39 is 10.0 Å². The van der Waals surface area contributed by atoms with Gasteiger partial charge in [-0.25, -0.2) is 13.1 Å². The van der Waals surface area contributed by atoms with Gasteiger partial charge in [0.15, 0.2) is 0 Å². The molecule has 0 saturated carbocycles. The van der Waals surface area contributed by atoms with Crippen LogP contribution >= 0.6 is 0 Å². The van der Waals surface area contributed by atoms with Crippen molar-refractivity contribution in [2.45, 2.75) is 40.2 Å². The molecule has 6 heteroatoms. The fourth-order valence-electron chi connectivity index (χ4n) is 1.31. The zero-order chi connectivity index (χ0) is 14.0. The molecule has 5 nitrogen and oxygen atoms in total. The molecule has 0 saturated heterocycles. The summed E-state index contributed by atoms with van der Waals surface area (Å²) in [5.74, 6) is 0.639. The van der Waals surface area contributed by atoms with E-state index in [2.05, 4.69) is 23.9 Å². The maximum atomic E-state index is 11.6. The smallest absolute Gasteiger partial charge is 0.211 e. The van der Waals surface area contributed by atoms with Gasteiger partial charge in [-0.3, -0.25) is 0 Å². The van der Waals surface area contributed by atoms with Gasteiger partial charge in [0.2, 0.25) is 10.0 Å². The lowest BCUT2D eigenvalue weighted by Crippen LogP contribution is -2.32. The van der Waals surface area contributed by atoms with Crippen LogP contribution in [0, 0.1) is 5.92 Å². The summed E-state index contributed by atoms with van der Waals surface area (Å²) in [4.78, 5) is 0. The average Bonchev–Trinajstić information content (AvgIpc) is 2.23. The van der Waals surface area contributed by atoms with Gasteiger partial charge in [-0.1, -0.05) is 27.7 Å². The summed E-state index contributed by atoms with van der Waals surface area (Å²) in [6.07, 6.45) is 0.625. The van der Waals surface area contributed by atoms with E-state index in [0.29, 0.717) is 38.1 Å². The second kappa shape index (κ2) is 9.72. The molecule has 0 aromatic rings. The van der Waals surface area contributed by atoms with E-state index in [-0.39, 0.29) is 5.75 Å². The van der Waals surface area contributed by atoms with Crippen molar-refractivity contribution in [2.24, 2.45) is 5.92 Å². The molecule has 0 rings (SSSR count). The lowest BCUT2D eigenvalue weighted by Gasteiger charge is -2.10. The highest BCUT2D eigenvalue weighted by Crippen LogP contribution is 1.92. The third kappa shape index (κ3) is 12.3. The Kier molecular flexibility index (Phi) is 9.63. The molecule has 2 N–H and O–H groups in total. The minimum atomic E-state index is -3.15. The van der Waals surface area contributed by atoms with Crippen LogP contribution in [0.5, 0.6) is 0 Å². The fourth-order valence-corrected chi connectivity index (χ4v) is 2.38. The van der Waals surface area contributed by atoms with Crippen molar-refractivity contribution in [2.75, 3.05) is 32.1 Å². The Balaban J connectivity index is 3.55. The van der Waals surface area contributed by atoms with Crippen molar-refractivity contribution >= 4 is 10.0 Å². The van der Waals surface area contributed by atoms with Gasteiger partial charge in [-0.05, 0) is 18.9 Å². The Bertz CT molecular complexity index is 290. The first-order valence-electron chi connectivity index (χ1n) is 6.62. The second-order valence-electron chi connectivity index (χ2n) is 5.14. The van der Waals surface area contributed by atoms with E-state index in [9.17, 15) is 8.42 Å². The van der Waals surface area contributed by atoms with Gasteiger partial charge in [0.05, 0.1) is 12.4 Å². The number of nitrogens with one attached hydrogen (secondary N) is 2. The lowest BCUT2D eigenvalue weighted by atomic mass is 10.2. The molecular weight excluding hydrogens is 252 g/mol. The molecule has 110 valence electrons. The highest BCUT2D eigenvalue weighted by Gasteiger charge is 2.08. The van der Waals surface area contributed by atoms with E-state index in [0.717, 1.165) is 6.54 Å². The van der Waals surface area contributed by atoms with E-state index >= 15 is 0 Å². The number of rotatable bonds is 11. The molecule has 0 heterocycles. The summed E-state index contributed by atoms with van der Waals surface area (Å²) in [6, 6.07) is 0.394. The quantitative estimate of drug-likeness (QED) is 0.553. The zero-order valence-corrected chi connectivity index (χ0v) is 12.8. The summed E-state index contributed by atoms with van der Waals surface area (Å²) >= 11 is 0. The monoisotopic (exact) mass is 280 g/mol. The Hall–Kier alpha value is -0.170. The third-order valence-corrected chi connectivity index (χ3v) is 3.63. The van der Waals surface area contributed by atoms with Crippen LogP contribution in [0.1, 0.15) is 34.1 Å². The van der Waals surface area contributed by atoms with Gasteiger partial charge >= 0.3 is 0 Å². The summed E-state index contributed by atoms with van der Waals surface area (Å²) in [5, 5.41) is 3.19. The van der Waals surface area contributed by atoms with Crippen LogP contribution in [-0.2, 0) is 14.8 Å². The number of hydrogen-bond donors (Lipinski definition) is 2. The molecule has 0 unspecified atom stereocenters. The predicted octanol–water partition coefficient (Wildman–Crippen LogP) is 0.967. The molecule has 0 aromatic heterocycles. The Morgan fingerprint density at radius 2 is 1.78 bits per heavy atom. The maximum Gasteiger partial charge on any atom is 0.211 e. The van der Waals surface area contributed by atoms with Gasteiger partial charge < -0.3 is 10.1 Å². The molecule has 0 radical (unpaired) electrons. The first-order chi connectivity index (χ1) is 8.33. The van der Waals surface area contributed by atoms with Crippen LogP contribution in [0.25, 0.3) is 0 Å². The predicted molar refractivity (Wildman–Crippen MR) is 75.2 cm³/mol. The molecule has 18 heavy (non-hydrogen) atoms. The minimum absolute atomic E-state index is 0.164. The number of hydrogen-bond acceptors (Lipinski definition) is 4. The van der Waals surface area contributed by atoms with Crippen LogP contribution in [-0.4, -0.2) is 46.5 Å². The van der Waals surface area contributed by atoms with Crippen molar-refractivity contribution in [3.63, 3.8) is 0 Å². The van der Waals surface area contributed by atoms with Gasteiger partial charge in [0.25, 0.3) is 0 Å². The third-order valence-electron chi connectivity index (χ3n) is 2.16. The van der Waals surface area contributed by atoms with Crippen molar-refractivity contribution in [3.8, 4) is 0 Å². The summed E-state index contributed by atoms with van der Waals surface area (Å²) in [7, 11) is -3.15. The molecule has 0 amide bonds. The van der Waals surface area contributed by atoms with Crippen LogP contribution in [0.3, 0.4) is 0 Å². The van der Waals surface area contributed by atoms with Gasteiger partial charge in [0, 0.05) is 19.2 Å². The minimum Gasteiger partial charge on any atom is -0.380 e. The molecule has 0 aliphatic carbocycles. The standard InChI is InChI=1S/C12H28N2O3S/c1-11(2)10-17-8-7-14-18(15,16)9-5-6-13-12(3)4/h11-14H,5-10H2,1-4H3. The van der Waals surface area contributed by atoms with Crippen LogP contribution in [0.15, 0.2) is 0 Å².